The van der Waals surface area contributed by atoms with Crippen LogP contribution in [-0.4, -0.2) is 20.6 Å². The minimum absolute atomic E-state index is 0.162. The molecule has 2 heterocycles. The first-order valence-corrected chi connectivity index (χ1v) is 12.4. The van der Waals surface area contributed by atoms with E-state index in [0.29, 0.717) is 46.1 Å². The van der Waals surface area contributed by atoms with Crippen LogP contribution in [0.15, 0.2) is 79.3 Å². The molecule has 3 aromatic carbocycles. The van der Waals surface area contributed by atoms with E-state index in [2.05, 4.69) is 26.0 Å². The second-order valence-corrected chi connectivity index (χ2v) is 9.25. The Labute approximate surface area is 238 Å². The van der Waals surface area contributed by atoms with Crippen molar-refractivity contribution in [3.05, 3.63) is 102 Å². The lowest BCUT2D eigenvalue weighted by molar-refractivity contribution is -0.138. The summed E-state index contributed by atoms with van der Waals surface area (Å²) >= 11 is 0. The second kappa shape index (κ2) is 11.2. The average Bonchev–Trinajstić information content (AvgIpc) is 3.32. The SMILES string of the molecule is Nc1ncnn2cc(CNc3ccc(C(F)(F)F)cc3)c(-c3ccc(NC(=O)Nc4cc(C(F)(F)F)ccc4F)cc3)c12. The number of fused-ring (bicyclic) bond motifs is 1. The topological polar surface area (TPSA) is 109 Å². The van der Waals surface area contributed by atoms with Crippen molar-refractivity contribution in [3.63, 3.8) is 0 Å². The van der Waals surface area contributed by atoms with Gasteiger partial charge < -0.3 is 21.7 Å². The van der Waals surface area contributed by atoms with Crippen LogP contribution in [0.1, 0.15) is 16.7 Å². The Balaban J connectivity index is 1.36. The number of rotatable bonds is 6. The lowest BCUT2D eigenvalue weighted by atomic mass is 10.0. The number of nitrogens with zero attached hydrogens (tertiary/aromatic N) is 3. The number of amides is 2. The molecule has 0 aliphatic heterocycles. The van der Waals surface area contributed by atoms with Crippen molar-refractivity contribution in [1.82, 2.24) is 14.6 Å². The molecule has 0 atom stereocenters. The van der Waals surface area contributed by atoms with E-state index in [0.717, 1.165) is 12.1 Å². The minimum Gasteiger partial charge on any atom is -0.382 e. The highest BCUT2D eigenvalue weighted by molar-refractivity contribution is 6.00. The summed E-state index contributed by atoms with van der Waals surface area (Å²) in [5, 5.41) is 11.7. The zero-order chi connectivity index (χ0) is 30.9. The number of aromatic nitrogens is 3. The van der Waals surface area contributed by atoms with Gasteiger partial charge in [0.15, 0.2) is 5.82 Å². The zero-order valence-electron chi connectivity index (χ0n) is 21.7. The van der Waals surface area contributed by atoms with Crippen LogP contribution in [0, 0.1) is 5.82 Å². The van der Waals surface area contributed by atoms with E-state index >= 15 is 0 Å². The minimum atomic E-state index is -4.72. The number of hydrogen-bond donors (Lipinski definition) is 4. The molecule has 0 aliphatic carbocycles. The number of benzene rings is 3. The largest absolute Gasteiger partial charge is 0.416 e. The maximum Gasteiger partial charge on any atom is 0.416 e. The van der Waals surface area contributed by atoms with E-state index < -0.39 is 41.0 Å². The summed E-state index contributed by atoms with van der Waals surface area (Å²) in [6.07, 6.45) is -6.24. The van der Waals surface area contributed by atoms with Crippen molar-refractivity contribution in [1.29, 1.82) is 0 Å². The van der Waals surface area contributed by atoms with Gasteiger partial charge in [-0.15, -0.1) is 0 Å². The highest BCUT2D eigenvalue weighted by Crippen LogP contribution is 2.35. The van der Waals surface area contributed by atoms with Crippen LogP contribution in [-0.2, 0) is 18.9 Å². The number of carbonyl (C=O) groups excluding carboxylic acids is 1. The zero-order valence-corrected chi connectivity index (χ0v) is 21.7. The molecule has 0 saturated carbocycles. The molecule has 2 aromatic heterocycles. The smallest absolute Gasteiger partial charge is 0.382 e. The van der Waals surface area contributed by atoms with Gasteiger partial charge in [0.1, 0.15) is 17.7 Å². The van der Waals surface area contributed by atoms with Gasteiger partial charge in [-0.2, -0.15) is 31.4 Å². The summed E-state index contributed by atoms with van der Waals surface area (Å²) in [5.41, 5.74) is 6.62. The molecule has 0 bridgehead atoms. The number of anilines is 4. The normalized spacial score (nSPS) is 11.9. The Morgan fingerprint density at radius 1 is 0.837 bits per heavy atom. The number of halogens is 7. The molecule has 0 aliphatic rings. The van der Waals surface area contributed by atoms with Crippen LogP contribution >= 0.6 is 0 Å². The number of hydrogen-bond acceptors (Lipinski definition) is 5. The molecule has 0 fully saturated rings. The number of nitrogen functional groups attached to an aromatic ring is 1. The Morgan fingerprint density at radius 2 is 1.47 bits per heavy atom. The molecule has 5 N–H and O–H groups in total. The Hall–Kier alpha value is -5.34. The number of carbonyl (C=O) groups is 1. The molecule has 5 aromatic rings. The van der Waals surface area contributed by atoms with Gasteiger partial charge in [0, 0.05) is 29.7 Å². The lowest BCUT2D eigenvalue weighted by Gasteiger charge is -2.13. The summed E-state index contributed by atoms with van der Waals surface area (Å²) in [5.74, 6) is -0.883. The molecule has 0 saturated heterocycles. The van der Waals surface area contributed by atoms with Crippen LogP contribution in [0.5, 0.6) is 0 Å². The van der Waals surface area contributed by atoms with Gasteiger partial charge in [-0.3, -0.25) is 0 Å². The Kier molecular flexibility index (Phi) is 7.56. The van der Waals surface area contributed by atoms with Gasteiger partial charge in [-0.05, 0) is 65.7 Å². The summed E-state index contributed by atoms with van der Waals surface area (Å²) in [6, 6.07) is 11.5. The van der Waals surface area contributed by atoms with E-state index in [1.54, 1.807) is 18.3 Å². The van der Waals surface area contributed by atoms with E-state index in [9.17, 15) is 35.5 Å². The van der Waals surface area contributed by atoms with Gasteiger partial charge >= 0.3 is 18.4 Å². The Morgan fingerprint density at radius 3 is 2.12 bits per heavy atom. The quantitative estimate of drug-likeness (QED) is 0.151. The first-order chi connectivity index (χ1) is 20.3. The highest BCUT2D eigenvalue weighted by atomic mass is 19.4. The molecule has 0 spiro atoms. The third-order valence-electron chi connectivity index (χ3n) is 6.35. The van der Waals surface area contributed by atoms with Crippen LogP contribution in [0.3, 0.4) is 0 Å². The van der Waals surface area contributed by atoms with Gasteiger partial charge in [0.05, 0.1) is 16.8 Å². The fourth-order valence-corrected chi connectivity index (χ4v) is 4.32. The van der Waals surface area contributed by atoms with Gasteiger partial charge in [0.25, 0.3) is 0 Å². The van der Waals surface area contributed by atoms with Gasteiger partial charge in [-0.25, -0.2) is 18.7 Å². The lowest BCUT2D eigenvalue weighted by Crippen LogP contribution is -2.20. The monoisotopic (exact) mass is 603 g/mol. The highest BCUT2D eigenvalue weighted by Gasteiger charge is 2.31. The van der Waals surface area contributed by atoms with Crippen molar-refractivity contribution < 1.29 is 35.5 Å². The summed E-state index contributed by atoms with van der Waals surface area (Å²) < 4.78 is 93.1. The number of nitrogens with one attached hydrogen (secondary N) is 3. The van der Waals surface area contributed by atoms with Crippen molar-refractivity contribution in [2.75, 3.05) is 21.7 Å². The molecule has 43 heavy (non-hydrogen) atoms. The Bertz CT molecular complexity index is 1780. The van der Waals surface area contributed by atoms with E-state index in [1.807, 2.05) is 0 Å². The van der Waals surface area contributed by atoms with E-state index in [4.69, 9.17) is 5.73 Å². The molecule has 0 unspecified atom stereocenters. The summed E-state index contributed by atoms with van der Waals surface area (Å²) in [7, 11) is 0. The fourth-order valence-electron chi connectivity index (χ4n) is 4.32. The summed E-state index contributed by atoms with van der Waals surface area (Å²) in [6.45, 7) is 0.175. The van der Waals surface area contributed by atoms with Crippen molar-refractivity contribution in [3.8, 4) is 11.1 Å². The van der Waals surface area contributed by atoms with Crippen molar-refractivity contribution in [2.24, 2.45) is 0 Å². The maximum atomic E-state index is 14.0. The van der Waals surface area contributed by atoms with Crippen molar-refractivity contribution >= 4 is 34.4 Å². The van der Waals surface area contributed by atoms with Crippen LogP contribution < -0.4 is 21.7 Å². The standard InChI is InChI=1S/C28H20F7N7O/c29-21-10-5-18(28(33,34)35)11-22(21)41-26(43)40-20-6-1-15(2-7-20)23-16(13-42-24(23)25(36)38-14-39-42)12-37-19-8-3-17(4-9-19)27(30,31)32/h1-11,13-14,37H,12H2,(H2,36,38,39)(H2,40,41,43). The first kappa shape index (κ1) is 29.2. The molecular weight excluding hydrogens is 583 g/mol. The predicted molar refractivity (Wildman–Crippen MR) is 146 cm³/mol. The number of alkyl halides is 6. The van der Waals surface area contributed by atoms with E-state index in [-0.39, 0.29) is 18.1 Å². The van der Waals surface area contributed by atoms with Crippen molar-refractivity contribution in [2.45, 2.75) is 18.9 Å². The third kappa shape index (κ3) is 6.45. The van der Waals surface area contributed by atoms with Crippen LogP contribution in [0.25, 0.3) is 16.6 Å². The fraction of sp³-hybridized carbons (Fsp3) is 0.107. The van der Waals surface area contributed by atoms with E-state index in [1.165, 1.54) is 35.1 Å². The molecule has 222 valence electrons. The molecule has 8 nitrogen and oxygen atoms in total. The molecule has 5 rings (SSSR count). The van der Waals surface area contributed by atoms with Gasteiger partial charge in [0.2, 0.25) is 0 Å². The molecular formula is C28H20F7N7O. The molecule has 0 radical (unpaired) electrons. The summed E-state index contributed by atoms with van der Waals surface area (Å²) in [4.78, 5) is 16.4. The maximum absolute atomic E-state index is 14.0. The average molecular weight is 604 g/mol. The number of urea groups is 1. The third-order valence-corrected chi connectivity index (χ3v) is 6.35. The van der Waals surface area contributed by atoms with Gasteiger partial charge in [-0.1, -0.05) is 12.1 Å². The van der Waals surface area contributed by atoms with Crippen LogP contribution in [0.4, 0.5) is 58.4 Å². The molecule has 15 heteroatoms. The first-order valence-electron chi connectivity index (χ1n) is 12.4. The number of nitrogens with two attached hydrogens (primary N) is 1. The second-order valence-electron chi connectivity index (χ2n) is 9.25. The molecule has 2 amide bonds. The predicted octanol–water partition coefficient (Wildman–Crippen LogP) is 7.41. The van der Waals surface area contributed by atoms with Crippen LogP contribution in [0.2, 0.25) is 0 Å².